The fraction of sp³-hybridized carbons (Fsp3) is 0.267. The van der Waals surface area contributed by atoms with Gasteiger partial charge in [-0.2, -0.15) is 9.67 Å². The number of imidazole rings is 1. The number of para-hydroxylation sites is 1. The van der Waals surface area contributed by atoms with Crippen LogP contribution in [0.25, 0.3) is 33.5 Å². The van der Waals surface area contributed by atoms with E-state index in [4.69, 9.17) is 9.47 Å². The van der Waals surface area contributed by atoms with Crippen molar-refractivity contribution in [1.82, 2.24) is 29.8 Å². The molecule has 0 saturated carbocycles. The third-order valence-electron chi connectivity index (χ3n) is 7.57. The molecule has 1 aliphatic heterocycles. The van der Waals surface area contributed by atoms with E-state index in [1.807, 2.05) is 43.3 Å². The van der Waals surface area contributed by atoms with Crippen LogP contribution in [0.5, 0.6) is 6.01 Å². The standard InChI is InChI=1S/C30H28N6O9/c1-2-44-30-31-20-9-5-8-19(28(40)41)21(20)35(30)14-15-10-12-16(13-11-15)17-6-3-4-7-18(17)26-32-33-34-36(26)27-24(39)22(37)23(38)25(45-27)29(42)43/h3-13,22-25,27,37-39H,2,14H2,1H3,(H,40,41)(H,42,43)/t22-,23-,24-,25?,27+/m1/s1. The van der Waals surface area contributed by atoms with Gasteiger partial charge in [-0.1, -0.05) is 54.6 Å². The summed E-state index contributed by atoms with van der Waals surface area (Å²) in [5, 5.41) is 62.0. The third kappa shape index (κ3) is 5.38. The summed E-state index contributed by atoms with van der Waals surface area (Å²) in [7, 11) is 0. The number of carboxylic acid groups (broad SMARTS) is 2. The highest BCUT2D eigenvalue weighted by Gasteiger charge is 2.48. The molecule has 0 amide bonds. The highest BCUT2D eigenvalue weighted by Crippen LogP contribution is 2.35. The highest BCUT2D eigenvalue weighted by atomic mass is 16.6. The van der Waals surface area contributed by atoms with Gasteiger partial charge in [0.15, 0.2) is 18.2 Å². The van der Waals surface area contributed by atoms with Crippen LogP contribution in [0, 0.1) is 0 Å². The summed E-state index contributed by atoms with van der Waals surface area (Å²) in [5.41, 5.74) is 3.88. The summed E-state index contributed by atoms with van der Waals surface area (Å²) < 4.78 is 14.0. The summed E-state index contributed by atoms with van der Waals surface area (Å²) in [5.74, 6) is -2.47. The van der Waals surface area contributed by atoms with Crippen molar-refractivity contribution < 1.29 is 44.6 Å². The van der Waals surface area contributed by atoms with Crippen LogP contribution in [-0.4, -0.2) is 98.3 Å². The van der Waals surface area contributed by atoms with Crippen LogP contribution in [0.1, 0.15) is 29.1 Å². The summed E-state index contributed by atoms with van der Waals surface area (Å²) in [6.07, 6.45) is -8.75. The SMILES string of the molecule is CCOc1nc2cccc(C(=O)O)c2n1Cc1ccc(-c2ccccc2-c2nnnn2[C@H]2OC(C(=O)O)[C@H](O)[C@@H](O)[C@H]2O)cc1. The van der Waals surface area contributed by atoms with E-state index in [-0.39, 0.29) is 17.9 Å². The lowest BCUT2D eigenvalue weighted by atomic mass is 9.96. The van der Waals surface area contributed by atoms with Gasteiger partial charge in [0, 0.05) is 5.56 Å². The Kier molecular flexibility index (Phi) is 7.99. The maximum atomic E-state index is 12.0. The van der Waals surface area contributed by atoms with Crippen LogP contribution in [0.15, 0.2) is 66.7 Å². The van der Waals surface area contributed by atoms with Gasteiger partial charge in [-0.25, -0.2) is 9.59 Å². The lowest BCUT2D eigenvalue weighted by Gasteiger charge is -2.38. The van der Waals surface area contributed by atoms with E-state index in [2.05, 4.69) is 20.5 Å². The maximum Gasteiger partial charge on any atom is 0.337 e. The number of aliphatic hydroxyl groups excluding tert-OH is 3. The number of hydrogen-bond donors (Lipinski definition) is 5. The van der Waals surface area contributed by atoms with E-state index >= 15 is 0 Å². The van der Waals surface area contributed by atoms with Crippen molar-refractivity contribution >= 4 is 23.0 Å². The zero-order chi connectivity index (χ0) is 31.8. The molecule has 0 aliphatic carbocycles. The highest BCUT2D eigenvalue weighted by molar-refractivity contribution is 6.01. The second-order valence-electron chi connectivity index (χ2n) is 10.3. The van der Waals surface area contributed by atoms with Crippen molar-refractivity contribution in [1.29, 1.82) is 0 Å². The number of fused-ring (bicyclic) bond motifs is 1. The van der Waals surface area contributed by atoms with Crippen LogP contribution < -0.4 is 4.74 Å². The molecule has 1 aliphatic rings. The molecule has 1 unspecified atom stereocenters. The number of rotatable bonds is 9. The second kappa shape index (κ2) is 12.0. The first-order valence-electron chi connectivity index (χ1n) is 13.9. The third-order valence-corrected chi connectivity index (χ3v) is 7.57. The quantitative estimate of drug-likeness (QED) is 0.159. The normalized spacial score (nSPS) is 21.6. The van der Waals surface area contributed by atoms with E-state index in [9.17, 15) is 35.1 Å². The summed E-state index contributed by atoms with van der Waals surface area (Å²) in [4.78, 5) is 28.1. The van der Waals surface area contributed by atoms with Crippen molar-refractivity contribution in [3.63, 3.8) is 0 Å². The van der Waals surface area contributed by atoms with E-state index in [0.717, 1.165) is 15.8 Å². The van der Waals surface area contributed by atoms with Gasteiger partial charge in [0.25, 0.3) is 6.01 Å². The van der Waals surface area contributed by atoms with Gasteiger partial charge in [0.05, 0.1) is 29.7 Å². The van der Waals surface area contributed by atoms with Crippen LogP contribution in [0.2, 0.25) is 0 Å². The average molecular weight is 617 g/mol. The van der Waals surface area contributed by atoms with Crippen molar-refractivity contribution in [2.75, 3.05) is 6.61 Å². The van der Waals surface area contributed by atoms with Crippen molar-refractivity contribution in [2.24, 2.45) is 0 Å². The van der Waals surface area contributed by atoms with Crippen molar-refractivity contribution in [3.8, 4) is 28.5 Å². The number of aromatic nitrogens is 6. The molecule has 15 nitrogen and oxygen atoms in total. The number of tetrazole rings is 1. The number of ether oxygens (including phenoxy) is 2. The van der Waals surface area contributed by atoms with Gasteiger partial charge in [0.1, 0.15) is 18.3 Å². The zero-order valence-corrected chi connectivity index (χ0v) is 23.7. The number of aliphatic carboxylic acids is 1. The lowest BCUT2D eigenvalue weighted by molar-refractivity contribution is -0.249. The summed E-state index contributed by atoms with van der Waals surface area (Å²) in [6.45, 7) is 2.45. The number of carboxylic acids is 2. The molecule has 232 valence electrons. The smallest absolute Gasteiger partial charge is 0.337 e. The monoisotopic (exact) mass is 616 g/mol. The van der Waals surface area contributed by atoms with Gasteiger partial charge in [0.2, 0.25) is 0 Å². The number of nitrogens with zero attached hydrogens (tertiary/aromatic N) is 6. The Bertz CT molecular complexity index is 1870. The van der Waals surface area contributed by atoms with Gasteiger partial charge in [-0.3, -0.25) is 4.57 Å². The molecule has 6 rings (SSSR count). The molecule has 0 spiro atoms. The van der Waals surface area contributed by atoms with Crippen molar-refractivity contribution in [3.05, 3.63) is 77.9 Å². The average Bonchev–Trinajstić information content (AvgIpc) is 3.65. The fourth-order valence-corrected chi connectivity index (χ4v) is 5.43. The van der Waals surface area contributed by atoms with Gasteiger partial charge in [-0.15, -0.1) is 5.10 Å². The molecule has 45 heavy (non-hydrogen) atoms. The molecular weight excluding hydrogens is 588 g/mol. The molecule has 1 saturated heterocycles. The first kappa shape index (κ1) is 29.8. The van der Waals surface area contributed by atoms with Crippen LogP contribution in [0.3, 0.4) is 0 Å². The lowest BCUT2D eigenvalue weighted by Crippen LogP contribution is -2.58. The topological polar surface area (TPSA) is 215 Å². The number of aromatic carboxylic acids is 1. The fourth-order valence-electron chi connectivity index (χ4n) is 5.43. The number of carbonyl (C=O) groups is 2. The van der Waals surface area contributed by atoms with E-state index in [0.29, 0.717) is 34.8 Å². The molecule has 3 heterocycles. The number of aliphatic hydroxyl groups is 3. The van der Waals surface area contributed by atoms with E-state index in [1.165, 1.54) is 6.07 Å². The minimum atomic E-state index is -1.86. The van der Waals surface area contributed by atoms with Crippen LogP contribution >= 0.6 is 0 Å². The Balaban J connectivity index is 1.34. The molecule has 15 heteroatoms. The number of hydrogen-bond acceptors (Lipinski definition) is 11. The Labute approximate surface area is 254 Å². The Hall–Kier alpha value is -5.22. The first-order chi connectivity index (χ1) is 21.7. The van der Waals surface area contributed by atoms with E-state index in [1.54, 1.807) is 28.8 Å². The predicted octanol–water partition coefficient (Wildman–Crippen LogP) is 1.57. The molecule has 5 aromatic rings. The molecular formula is C30H28N6O9. The van der Waals surface area contributed by atoms with Crippen molar-refractivity contribution in [2.45, 2.75) is 44.1 Å². The zero-order valence-electron chi connectivity index (χ0n) is 23.7. The van der Waals surface area contributed by atoms with Crippen LogP contribution in [-0.2, 0) is 16.1 Å². The molecule has 3 aromatic carbocycles. The van der Waals surface area contributed by atoms with Gasteiger partial charge in [-0.05, 0) is 46.2 Å². The maximum absolute atomic E-state index is 12.0. The summed E-state index contributed by atoms with van der Waals surface area (Å²) >= 11 is 0. The number of benzene rings is 3. The molecule has 5 atom stereocenters. The van der Waals surface area contributed by atoms with Crippen LogP contribution in [0.4, 0.5) is 0 Å². The molecule has 2 aromatic heterocycles. The molecule has 1 fully saturated rings. The predicted molar refractivity (Wildman–Crippen MR) is 155 cm³/mol. The second-order valence-corrected chi connectivity index (χ2v) is 10.3. The Morgan fingerprint density at radius 1 is 0.911 bits per heavy atom. The summed E-state index contributed by atoms with van der Waals surface area (Å²) in [6, 6.07) is 19.8. The minimum absolute atomic E-state index is 0.109. The Morgan fingerprint density at radius 2 is 1.64 bits per heavy atom. The molecule has 0 radical (unpaired) electrons. The minimum Gasteiger partial charge on any atom is -0.479 e. The largest absolute Gasteiger partial charge is 0.479 e. The molecule has 5 N–H and O–H groups in total. The Morgan fingerprint density at radius 3 is 2.33 bits per heavy atom. The van der Waals surface area contributed by atoms with E-state index < -0.39 is 42.6 Å². The van der Waals surface area contributed by atoms with Gasteiger partial charge < -0.3 is 35.0 Å². The molecule has 0 bridgehead atoms. The first-order valence-corrected chi connectivity index (χ1v) is 13.9. The van der Waals surface area contributed by atoms with Gasteiger partial charge >= 0.3 is 11.9 Å².